The number of ether oxygens (including phenoxy) is 1. The minimum absolute atomic E-state index is 0.0387. The molecule has 17 heavy (non-hydrogen) atoms. The lowest BCUT2D eigenvalue weighted by Crippen LogP contribution is -2.09. The third-order valence-electron chi connectivity index (χ3n) is 2.26. The Kier molecular flexibility index (Phi) is 4.98. The largest absolute Gasteiger partial charge is 0.508 e. The van der Waals surface area contributed by atoms with Gasteiger partial charge in [0.15, 0.2) is 0 Å². The highest BCUT2D eigenvalue weighted by Crippen LogP contribution is 2.26. The number of nitrogens with zero attached hydrogens (tertiary/aromatic N) is 1. The normalized spacial score (nSPS) is 9.71. The summed E-state index contributed by atoms with van der Waals surface area (Å²) < 4.78 is 4.83. The minimum atomic E-state index is -0.379. The van der Waals surface area contributed by atoms with Gasteiger partial charge in [0.05, 0.1) is 24.7 Å². The van der Waals surface area contributed by atoms with Crippen LogP contribution in [0.2, 0.25) is 0 Å². The predicted octanol–water partition coefficient (Wildman–Crippen LogP) is 2.26. The van der Waals surface area contributed by atoms with Crippen LogP contribution in [0.1, 0.15) is 23.6 Å². The van der Waals surface area contributed by atoms with Crippen molar-refractivity contribution in [1.82, 2.24) is 0 Å². The Morgan fingerprint density at radius 3 is 2.82 bits per heavy atom. The SMILES string of the molecule is CCOC(=O)Cc1ccc(O)c(CBr)c1C#N. The second-order valence-electron chi connectivity index (χ2n) is 3.32. The third kappa shape index (κ3) is 3.21. The number of halogens is 1. The molecule has 0 aliphatic heterocycles. The topological polar surface area (TPSA) is 70.3 Å². The van der Waals surface area contributed by atoms with Crippen LogP contribution in [0, 0.1) is 11.3 Å². The number of alkyl halides is 1. The standard InChI is InChI=1S/C12H12BrNO3/c1-2-17-12(16)5-8-3-4-11(15)9(6-13)10(8)7-14/h3-4,15H,2,5-6H2,1H3. The van der Waals surface area contributed by atoms with Gasteiger partial charge in [-0.25, -0.2) is 0 Å². The number of phenols is 1. The molecule has 1 N–H and O–H groups in total. The maximum Gasteiger partial charge on any atom is 0.310 e. The van der Waals surface area contributed by atoms with Gasteiger partial charge < -0.3 is 9.84 Å². The van der Waals surface area contributed by atoms with Crippen LogP contribution in [0.15, 0.2) is 12.1 Å². The zero-order valence-corrected chi connectivity index (χ0v) is 11.0. The van der Waals surface area contributed by atoms with Gasteiger partial charge in [0.2, 0.25) is 0 Å². The van der Waals surface area contributed by atoms with Crippen LogP contribution in [-0.2, 0) is 21.3 Å². The number of nitriles is 1. The van der Waals surface area contributed by atoms with Crippen LogP contribution < -0.4 is 0 Å². The average molecular weight is 298 g/mol. The second-order valence-corrected chi connectivity index (χ2v) is 3.89. The van der Waals surface area contributed by atoms with Crippen molar-refractivity contribution in [2.24, 2.45) is 0 Å². The van der Waals surface area contributed by atoms with E-state index in [0.717, 1.165) is 0 Å². The molecule has 0 aliphatic rings. The van der Waals surface area contributed by atoms with Crippen LogP contribution in [0.3, 0.4) is 0 Å². The van der Waals surface area contributed by atoms with E-state index in [-0.39, 0.29) is 18.1 Å². The van der Waals surface area contributed by atoms with Crippen molar-refractivity contribution < 1.29 is 14.6 Å². The number of esters is 1. The van der Waals surface area contributed by atoms with Crippen LogP contribution in [0.5, 0.6) is 5.75 Å². The lowest BCUT2D eigenvalue weighted by Gasteiger charge is -2.09. The number of hydrogen-bond acceptors (Lipinski definition) is 4. The summed E-state index contributed by atoms with van der Waals surface area (Å²) in [6.07, 6.45) is 0.0387. The molecule has 1 aromatic carbocycles. The second kappa shape index (κ2) is 6.26. The monoisotopic (exact) mass is 297 g/mol. The van der Waals surface area contributed by atoms with Gasteiger partial charge in [0, 0.05) is 10.9 Å². The number of hydrogen-bond donors (Lipinski definition) is 1. The molecule has 1 rings (SSSR count). The first-order chi connectivity index (χ1) is 8.13. The van der Waals surface area contributed by atoms with E-state index in [0.29, 0.717) is 28.6 Å². The average Bonchev–Trinajstić information content (AvgIpc) is 2.31. The molecule has 0 spiro atoms. The van der Waals surface area contributed by atoms with Crippen molar-refractivity contribution in [3.63, 3.8) is 0 Å². The van der Waals surface area contributed by atoms with Gasteiger partial charge in [-0.2, -0.15) is 5.26 Å². The molecule has 0 amide bonds. The zero-order valence-electron chi connectivity index (χ0n) is 9.36. The summed E-state index contributed by atoms with van der Waals surface area (Å²) in [5.74, 6) is -0.332. The number of carbonyl (C=O) groups excluding carboxylic acids is 1. The number of aromatic hydroxyl groups is 1. The maximum atomic E-state index is 11.4. The molecule has 0 saturated carbocycles. The van der Waals surface area contributed by atoms with Gasteiger partial charge in [-0.05, 0) is 18.6 Å². The molecule has 0 aliphatic carbocycles. The lowest BCUT2D eigenvalue weighted by molar-refractivity contribution is -0.142. The van der Waals surface area contributed by atoms with Gasteiger partial charge in [0.1, 0.15) is 5.75 Å². The van der Waals surface area contributed by atoms with Crippen molar-refractivity contribution in [3.05, 3.63) is 28.8 Å². The Morgan fingerprint density at radius 2 is 2.29 bits per heavy atom. The van der Waals surface area contributed by atoms with Crippen molar-refractivity contribution in [3.8, 4) is 11.8 Å². The van der Waals surface area contributed by atoms with E-state index >= 15 is 0 Å². The van der Waals surface area contributed by atoms with Crippen molar-refractivity contribution in [1.29, 1.82) is 5.26 Å². The Bertz CT molecular complexity index is 466. The molecule has 4 nitrogen and oxygen atoms in total. The first-order valence-corrected chi connectivity index (χ1v) is 6.21. The van der Waals surface area contributed by atoms with Gasteiger partial charge in [-0.3, -0.25) is 4.79 Å². The first kappa shape index (κ1) is 13.5. The van der Waals surface area contributed by atoms with Crippen LogP contribution in [0.4, 0.5) is 0 Å². The summed E-state index contributed by atoms with van der Waals surface area (Å²) in [4.78, 5) is 11.4. The molecule has 0 saturated heterocycles. The summed E-state index contributed by atoms with van der Waals surface area (Å²) in [6, 6.07) is 5.05. The Hall–Kier alpha value is -1.54. The van der Waals surface area contributed by atoms with E-state index in [1.54, 1.807) is 13.0 Å². The molecule has 0 aromatic heterocycles. The fourth-order valence-electron chi connectivity index (χ4n) is 1.47. The number of carbonyl (C=O) groups is 1. The Labute approximate surface area is 108 Å². The number of benzene rings is 1. The van der Waals surface area contributed by atoms with E-state index in [1.165, 1.54) is 6.07 Å². The summed E-state index contributed by atoms with van der Waals surface area (Å²) in [5.41, 5.74) is 1.39. The third-order valence-corrected chi connectivity index (χ3v) is 2.82. The zero-order chi connectivity index (χ0) is 12.8. The Balaban J connectivity index is 3.09. The predicted molar refractivity (Wildman–Crippen MR) is 65.8 cm³/mol. The van der Waals surface area contributed by atoms with Crippen LogP contribution in [-0.4, -0.2) is 17.7 Å². The molecule has 0 bridgehead atoms. The van der Waals surface area contributed by atoms with Crippen molar-refractivity contribution in [2.45, 2.75) is 18.7 Å². The van der Waals surface area contributed by atoms with Crippen LogP contribution in [0.25, 0.3) is 0 Å². The maximum absolute atomic E-state index is 11.4. The fraction of sp³-hybridized carbons (Fsp3) is 0.333. The molecular formula is C12H12BrNO3. The molecule has 0 radical (unpaired) electrons. The van der Waals surface area contributed by atoms with Gasteiger partial charge in [-0.1, -0.05) is 22.0 Å². The highest BCUT2D eigenvalue weighted by atomic mass is 79.9. The molecule has 5 heteroatoms. The van der Waals surface area contributed by atoms with E-state index < -0.39 is 0 Å². The highest BCUT2D eigenvalue weighted by molar-refractivity contribution is 9.08. The summed E-state index contributed by atoms with van der Waals surface area (Å²) >= 11 is 3.20. The smallest absolute Gasteiger partial charge is 0.310 e. The fourth-order valence-corrected chi connectivity index (χ4v) is 2.04. The summed E-state index contributed by atoms with van der Waals surface area (Å²) in [6.45, 7) is 2.04. The molecule has 0 atom stereocenters. The van der Waals surface area contributed by atoms with Crippen LogP contribution >= 0.6 is 15.9 Å². The van der Waals surface area contributed by atoms with Crippen molar-refractivity contribution >= 4 is 21.9 Å². The van der Waals surface area contributed by atoms with E-state index in [1.807, 2.05) is 6.07 Å². The first-order valence-electron chi connectivity index (χ1n) is 5.09. The number of rotatable bonds is 4. The molecule has 90 valence electrons. The molecule has 1 aromatic rings. The van der Waals surface area contributed by atoms with Gasteiger partial charge >= 0.3 is 5.97 Å². The number of phenolic OH excluding ortho intramolecular Hbond substituents is 1. The van der Waals surface area contributed by atoms with Gasteiger partial charge in [0.25, 0.3) is 0 Å². The molecule has 0 unspecified atom stereocenters. The Morgan fingerprint density at radius 1 is 1.59 bits per heavy atom. The quantitative estimate of drug-likeness (QED) is 0.684. The van der Waals surface area contributed by atoms with Gasteiger partial charge in [-0.15, -0.1) is 0 Å². The lowest BCUT2D eigenvalue weighted by atomic mass is 10.00. The summed E-state index contributed by atoms with van der Waals surface area (Å²) in [7, 11) is 0. The van der Waals surface area contributed by atoms with E-state index in [9.17, 15) is 9.90 Å². The van der Waals surface area contributed by atoms with E-state index in [4.69, 9.17) is 10.00 Å². The van der Waals surface area contributed by atoms with E-state index in [2.05, 4.69) is 15.9 Å². The summed E-state index contributed by atoms with van der Waals surface area (Å²) in [5, 5.41) is 19.0. The van der Waals surface area contributed by atoms with Crippen molar-refractivity contribution in [2.75, 3.05) is 6.61 Å². The molecule has 0 fully saturated rings. The molecular weight excluding hydrogens is 286 g/mol. The molecule has 0 heterocycles. The minimum Gasteiger partial charge on any atom is -0.508 e. The highest BCUT2D eigenvalue weighted by Gasteiger charge is 2.14.